The molecule has 3 rings (SSSR count). The van der Waals surface area contributed by atoms with Gasteiger partial charge in [-0.1, -0.05) is 17.3 Å². The molecule has 1 amide bonds. The summed E-state index contributed by atoms with van der Waals surface area (Å²) < 4.78 is 31.2. The fourth-order valence-electron chi connectivity index (χ4n) is 3.91. The molecule has 0 bridgehead atoms. The first-order valence-electron chi connectivity index (χ1n) is 11.3. The molecule has 0 saturated carbocycles. The molecule has 0 aliphatic carbocycles. The van der Waals surface area contributed by atoms with Crippen molar-refractivity contribution in [2.45, 2.75) is 51.4 Å². The van der Waals surface area contributed by atoms with E-state index < -0.39 is 12.0 Å². The zero-order valence-corrected chi connectivity index (χ0v) is 19.3. The minimum atomic E-state index is -0.975. The lowest BCUT2D eigenvalue weighted by atomic mass is 9.96. The van der Waals surface area contributed by atoms with E-state index in [-0.39, 0.29) is 37.6 Å². The lowest BCUT2D eigenvalue weighted by Crippen LogP contribution is -2.53. The SMILES string of the molecule is C[C@@H]1CCC[C@H](C(=O)O)N1C(=O)COCCOCCOCc1cn(Cc2cccc(F)c2)nn1. The number of hydrogen-bond donors (Lipinski definition) is 1. The van der Waals surface area contributed by atoms with Crippen molar-refractivity contribution in [1.29, 1.82) is 0 Å². The van der Waals surface area contributed by atoms with E-state index in [2.05, 4.69) is 10.3 Å². The van der Waals surface area contributed by atoms with Crippen molar-refractivity contribution in [3.63, 3.8) is 0 Å². The van der Waals surface area contributed by atoms with Crippen molar-refractivity contribution < 1.29 is 33.3 Å². The molecule has 2 aromatic rings. The number of carboxylic acids is 1. The van der Waals surface area contributed by atoms with Crippen LogP contribution in [0.25, 0.3) is 0 Å². The molecule has 2 atom stereocenters. The summed E-state index contributed by atoms with van der Waals surface area (Å²) in [6.45, 7) is 3.60. The van der Waals surface area contributed by atoms with Gasteiger partial charge in [-0.05, 0) is 43.9 Å². The number of carboxylic acid groups (broad SMARTS) is 1. The third-order valence-corrected chi connectivity index (χ3v) is 5.52. The fraction of sp³-hybridized carbons (Fsp3) is 0.565. The number of carbonyl (C=O) groups excluding carboxylic acids is 1. The molecule has 1 aliphatic rings. The van der Waals surface area contributed by atoms with Crippen molar-refractivity contribution in [3.05, 3.63) is 47.5 Å². The monoisotopic (exact) mass is 478 g/mol. The number of aliphatic carboxylic acids is 1. The van der Waals surface area contributed by atoms with E-state index >= 15 is 0 Å². The van der Waals surface area contributed by atoms with Gasteiger partial charge in [0.2, 0.25) is 5.91 Å². The topological polar surface area (TPSA) is 116 Å². The van der Waals surface area contributed by atoms with E-state index in [1.165, 1.54) is 17.0 Å². The van der Waals surface area contributed by atoms with Gasteiger partial charge in [-0.25, -0.2) is 13.9 Å². The summed E-state index contributed by atoms with van der Waals surface area (Å²) in [4.78, 5) is 25.2. The van der Waals surface area contributed by atoms with Crippen LogP contribution in [0.2, 0.25) is 0 Å². The van der Waals surface area contributed by atoms with Crippen LogP contribution in [0.3, 0.4) is 0 Å². The van der Waals surface area contributed by atoms with Gasteiger partial charge >= 0.3 is 5.97 Å². The van der Waals surface area contributed by atoms with Gasteiger partial charge in [-0.3, -0.25) is 4.79 Å². The smallest absolute Gasteiger partial charge is 0.326 e. The molecule has 2 heterocycles. The predicted octanol–water partition coefficient (Wildman–Crippen LogP) is 1.87. The highest BCUT2D eigenvalue weighted by Gasteiger charge is 2.35. The largest absolute Gasteiger partial charge is 0.480 e. The van der Waals surface area contributed by atoms with E-state index in [4.69, 9.17) is 14.2 Å². The number of benzene rings is 1. The highest BCUT2D eigenvalue weighted by Crippen LogP contribution is 2.23. The molecule has 1 fully saturated rings. The molecule has 0 radical (unpaired) electrons. The average molecular weight is 479 g/mol. The lowest BCUT2D eigenvalue weighted by Gasteiger charge is -2.38. The summed E-state index contributed by atoms with van der Waals surface area (Å²) >= 11 is 0. The molecule has 1 aromatic heterocycles. The van der Waals surface area contributed by atoms with Gasteiger partial charge in [0.15, 0.2) is 0 Å². The number of aromatic nitrogens is 3. The summed E-state index contributed by atoms with van der Waals surface area (Å²) in [5.41, 5.74) is 1.45. The Kier molecular flexibility index (Phi) is 9.92. The second-order valence-corrected chi connectivity index (χ2v) is 8.19. The van der Waals surface area contributed by atoms with E-state index in [0.717, 1.165) is 18.4 Å². The second-order valence-electron chi connectivity index (χ2n) is 8.19. The van der Waals surface area contributed by atoms with E-state index in [1.807, 2.05) is 13.0 Å². The first kappa shape index (κ1) is 25.7. The maximum Gasteiger partial charge on any atom is 0.326 e. The molecule has 1 aliphatic heterocycles. The number of rotatable bonds is 13. The van der Waals surface area contributed by atoms with Gasteiger partial charge in [0.1, 0.15) is 24.2 Å². The Morgan fingerprint density at radius 1 is 1.15 bits per heavy atom. The molecule has 11 heteroatoms. The first-order valence-corrected chi connectivity index (χ1v) is 11.3. The van der Waals surface area contributed by atoms with Crippen molar-refractivity contribution in [2.75, 3.05) is 33.0 Å². The van der Waals surface area contributed by atoms with Crippen LogP contribution in [0, 0.1) is 5.82 Å². The maximum atomic E-state index is 13.3. The Morgan fingerprint density at radius 2 is 1.91 bits per heavy atom. The Hall–Kier alpha value is -2.89. The Balaban J connectivity index is 1.23. The molecule has 0 spiro atoms. The van der Waals surface area contributed by atoms with Crippen LogP contribution in [0.15, 0.2) is 30.5 Å². The number of halogens is 1. The predicted molar refractivity (Wildman–Crippen MR) is 118 cm³/mol. The van der Waals surface area contributed by atoms with Crippen molar-refractivity contribution in [3.8, 4) is 0 Å². The van der Waals surface area contributed by atoms with E-state index in [1.54, 1.807) is 16.9 Å². The van der Waals surface area contributed by atoms with Crippen molar-refractivity contribution in [1.82, 2.24) is 19.9 Å². The minimum absolute atomic E-state index is 0.109. The van der Waals surface area contributed by atoms with Crippen LogP contribution in [0.4, 0.5) is 4.39 Å². The van der Waals surface area contributed by atoms with E-state index in [9.17, 15) is 19.1 Å². The number of hydrogen-bond acceptors (Lipinski definition) is 7. The number of nitrogens with zero attached hydrogens (tertiary/aromatic N) is 4. The van der Waals surface area contributed by atoms with Crippen LogP contribution in [-0.2, 0) is 37.0 Å². The standard InChI is InChI=1S/C23H31FN4O6/c1-17-4-2-7-21(23(30)31)28(17)22(29)16-34-11-9-32-8-10-33-15-20-14-27(26-25-20)13-18-5-3-6-19(24)12-18/h3,5-6,12,14,17,21H,2,4,7-11,13,15-16H2,1H3,(H,30,31)/t17-,21-/m1/s1. The maximum absolute atomic E-state index is 13.3. The average Bonchev–Trinajstić information content (AvgIpc) is 3.24. The number of likely N-dealkylation sites (tertiary alicyclic amines) is 1. The van der Waals surface area contributed by atoms with Crippen LogP contribution < -0.4 is 0 Å². The van der Waals surface area contributed by atoms with Gasteiger partial charge in [-0.2, -0.15) is 0 Å². The first-order chi connectivity index (χ1) is 16.4. The number of ether oxygens (including phenoxy) is 3. The van der Waals surface area contributed by atoms with Crippen LogP contribution >= 0.6 is 0 Å². The summed E-state index contributed by atoms with van der Waals surface area (Å²) in [5, 5.41) is 17.4. The summed E-state index contributed by atoms with van der Waals surface area (Å²) in [7, 11) is 0. The summed E-state index contributed by atoms with van der Waals surface area (Å²) in [5.74, 6) is -1.58. The fourth-order valence-corrected chi connectivity index (χ4v) is 3.91. The van der Waals surface area contributed by atoms with Gasteiger partial charge in [0.25, 0.3) is 0 Å². The molecular weight excluding hydrogens is 447 g/mol. The molecule has 0 unspecified atom stereocenters. The molecular formula is C23H31FN4O6. The highest BCUT2D eigenvalue weighted by molar-refractivity contribution is 5.84. The Labute approximate surface area is 197 Å². The zero-order chi connectivity index (χ0) is 24.3. The van der Waals surface area contributed by atoms with Crippen molar-refractivity contribution in [2.24, 2.45) is 0 Å². The summed E-state index contributed by atoms with van der Waals surface area (Å²) in [6, 6.07) is 5.43. The Morgan fingerprint density at radius 3 is 2.68 bits per heavy atom. The molecule has 1 N–H and O–H groups in total. The molecule has 1 aromatic carbocycles. The number of amides is 1. The third-order valence-electron chi connectivity index (χ3n) is 5.52. The summed E-state index contributed by atoms with van der Waals surface area (Å²) in [6.07, 6.45) is 3.81. The molecule has 10 nitrogen and oxygen atoms in total. The number of piperidine rings is 1. The number of carbonyl (C=O) groups is 2. The lowest BCUT2D eigenvalue weighted by molar-refractivity contribution is -0.157. The quantitative estimate of drug-likeness (QED) is 0.434. The highest BCUT2D eigenvalue weighted by atomic mass is 19.1. The van der Waals surface area contributed by atoms with Gasteiger partial charge in [0, 0.05) is 6.04 Å². The van der Waals surface area contributed by atoms with Crippen molar-refractivity contribution >= 4 is 11.9 Å². The molecule has 34 heavy (non-hydrogen) atoms. The van der Waals surface area contributed by atoms with Crippen LogP contribution in [-0.4, -0.2) is 82.0 Å². The third kappa shape index (κ3) is 7.86. The van der Waals surface area contributed by atoms with Crippen LogP contribution in [0.1, 0.15) is 37.4 Å². The molecule has 1 saturated heterocycles. The molecule has 186 valence electrons. The normalized spacial score (nSPS) is 18.2. The van der Waals surface area contributed by atoms with E-state index in [0.29, 0.717) is 38.5 Å². The van der Waals surface area contributed by atoms with Crippen LogP contribution in [0.5, 0.6) is 0 Å². The second kappa shape index (κ2) is 13.1. The zero-order valence-electron chi connectivity index (χ0n) is 19.3. The minimum Gasteiger partial charge on any atom is -0.480 e. The van der Waals surface area contributed by atoms with Gasteiger partial charge in [0.05, 0.1) is 45.8 Å². The van der Waals surface area contributed by atoms with Gasteiger partial charge in [-0.15, -0.1) is 5.10 Å². The Bertz CT molecular complexity index is 940. The van der Waals surface area contributed by atoms with Gasteiger partial charge < -0.3 is 24.2 Å².